The molecule has 3 aromatic heterocycles. The zero-order chi connectivity index (χ0) is 22.7. The summed E-state index contributed by atoms with van der Waals surface area (Å²) in [6.07, 6.45) is 2.42. The van der Waals surface area contributed by atoms with E-state index in [1.54, 1.807) is 41.2 Å². The van der Waals surface area contributed by atoms with Crippen LogP contribution in [0.4, 0.5) is 5.95 Å². The minimum atomic E-state index is -0.960. The number of ether oxygens (including phenoxy) is 1. The Morgan fingerprint density at radius 1 is 1.25 bits per heavy atom. The van der Waals surface area contributed by atoms with Gasteiger partial charge in [-0.1, -0.05) is 17.7 Å². The fourth-order valence-corrected chi connectivity index (χ4v) is 3.34. The van der Waals surface area contributed by atoms with E-state index in [4.69, 9.17) is 16.3 Å². The topological polar surface area (TPSA) is 127 Å². The third-order valence-corrected chi connectivity index (χ3v) is 5.08. The molecule has 0 bridgehead atoms. The van der Waals surface area contributed by atoms with Gasteiger partial charge in [0.05, 0.1) is 6.54 Å². The van der Waals surface area contributed by atoms with Gasteiger partial charge >= 0.3 is 5.69 Å². The van der Waals surface area contributed by atoms with Crippen molar-refractivity contribution >= 4 is 28.7 Å². The lowest BCUT2D eigenvalue weighted by Gasteiger charge is -2.16. The van der Waals surface area contributed by atoms with Crippen LogP contribution in [0.25, 0.3) is 11.2 Å². The summed E-state index contributed by atoms with van der Waals surface area (Å²) in [5.41, 5.74) is 0.124. The fraction of sp³-hybridized carbons (Fsp3) is 0.238. The van der Waals surface area contributed by atoms with Crippen LogP contribution in [-0.2, 0) is 20.1 Å². The highest BCUT2D eigenvalue weighted by molar-refractivity contribution is 6.30. The van der Waals surface area contributed by atoms with E-state index in [1.807, 2.05) is 12.1 Å². The number of imidazole rings is 1. The SMILES string of the molecule is Cn1c(=O)[nH]c(=O)c2c1nc(NCc1cccnc1)n2C[C@H](O)COc1ccc(Cl)cc1. The van der Waals surface area contributed by atoms with Crippen LogP contribution in [-0.4, -0.2) is 41.9 Å². The van der Waals surface area contributed by atoms with E-state index >= 15 is 0 Å². The lowest BCUT2D eigenvalue weighted by atomic mass is 10.3. The van der Waals surface area contributed by atoms with Gasteiger partial charge in [0.1, 0.15) is 18.5 Å². The molecule has 0 amide bonds. The predicted octanol–water partition coefficient (Wildman–Crippen LogP) is 1.52. The second kappa shape index (κ2) is 9.25. The Bertz CT molecular complexity index is 1330. The van der Waals surface area contributed by atoms with Crippen molar-refractivity contribution in [2.45, 2.75) is 19.2 Å². The molecule has 4 rings (SSSR count). The molecule has 32 heavy (non-hydrogen) atoms. The summed E-state index contributed by atoms with van der Waals surface area (Å²) in [4.78, 5) is 35.4. The molecule has 3 heterocycles. The number of aryl methyl sites for hydroxylation is 1. The number of rotatable bonds is 8. The Balaban J connectivity index is 1.61. The van der Waals surface area contributed by atoms with Crippen molar-refractivity contribution < 1.29 is 9.84 Å². The van der Waals surface area contributed by atoms with Crippen LogP contribution in [0.1, 0.15) is 5.56 Å². The normalized spacial score (nSPS) is 12.1. The predicted molar refractivity (Wildman–Crippen MR) is 120 cm³/mol. The molecular formula is C21H21ClN6O4. The zero-order valence-corrected chi connectivity index (χ0v) is 17.9. The highest BCUT2D eigenvalue weighted by Crippen LogP contribution is 2.18. The summed E-state index contributed by atoms with van der Waals surface area (Å²) >= 11 is 5.87. The fourth-order valence-electron chi connectivity index (χ4n) is 3.22. The van der Waals surface area contributed by atoms with E-state index in [1.165, 1.54) is 11.6 Å². The first-order chi connectivity index (χ1) is 15.4. The summed E-state index contributed by atoms with van der Waals surface area (Å²) in [7, 11) is 1.52. The zero-order valence-electron chi connectivity index (χ0n) is 17.2. The summed E-state index contributed by atoms with van der Waals surface area (Å²) in [5, 5.41) is 14.3. The number of aromatic amines is 1. The van der Waals surface area contributed by atoms with Crippen LogP contribution in [0, 0.1) is 0 Å². The Hall–Kier alpha value is -3.63. The quantitative estimate of drug-likeness (QED) is 0.367. The molecule has 0 aliphatic heterocycles. The molecule has 0 aliphatic rings. The summed E-state index contributed by atoms with van der Waals surface area (Å²) < 4.78 is 8.40. The molecule has 10 nitrogen and oxygen atoms in total. The van der Waals surface area contributed by atoms with Crippen LogP contribution in [0.5, 0.6) is 5.75 Å². The Kier molecular flexibility index (Phi) is 6.24. The number of aliphatic hydroxyl groups is 1. The first-order valence-corrected chi connectivity index (χ1v) is 10.2. The number of anilines is 1. The van der Waals surface area contributed by atoms with E-state index in [-0.39, 0.29) is 24.3 Å². The van der Waals surface area contributed by atoms with Gasteiger partial charge < -0.3 is 19.7 Å². The molecule has 0 radical (unpaired) electrons. The number of hydrogen-bond donors (Lipinski definition) is 3. The van der Waals surface area contributed by atoms with Gasteiger partial charge in [0.15, 0.2) is 11.2 Å². The maximum atomic E-state index is 12.6. The van der Waals surface area contributed by atoms with Crippen LogP contribution < -0.4 is 21.3 Å². The molecule has 0 aliphatic carbocycles. The largest absolute Gasteiger partial charge is 0.491 e. The van der Waals surface area contributed by atoms with Gasteiger partial charge in [-0.25, -0.2) is 4.79 Å². The number of aromatic nitrogens is 5. The molecule has 1 atom stereocenters. The Morgan fingerprint density at radius 2 is 2.03 bits per heavy atom. The third kappa shape index (κ3) is 4.66. The van der Waals surface area contributed by atoms with E-state index in [9.17, 15) is 14.7 Å². The molecule has 0 fully saturated rings. The monoisotopic (exact) mass is 456 g/mol. The number of aliphatic hydroxyl groups excluding tert-OH is 1. The highest BCUT2D eigenvalue weighted by atomic mass is 35.5. The number of nitrogens with zero attached hydrogens (tertiary/aromatic N) is 4. The lowest BCUT2D eigenvalue weighted by molar-refractivity contribution is 0.0938. The van der Waals surface area contributed by atoms with Gasteiger partial charge in [0.2, 0.25) is 5.95 Å². The van der Waals surface area contributed by atoms with Crippen molar-refractivity contribution in [1.82, 2.24) is 24.1 Å². The maximum Gasteiger partial charge on any atom is 0.329 e. The second-order valence-corrected chi connectivity index (χ2v) is 7.61. The molecular weight excluding hydrogens is 436 g/mol. The van der Waals surface area contributed by atoms with E-state index in [0.29, 0.717) is 23.3 Å². The molecule has 1 aromatic carbocycles. The van der Waals surface area contributed by atoms with E-state index in [2.05, 4.69) is 20.3 Å². The van der Waals surface area contributed by atoms with Gasteiger partial charge in [-0.15, -0.1) is 0 Å². The van der Waals surface area contributed by atoms with Crippen molar-refractivity contribution in [2.24, 2.45) is 7.05 Å². The third-order valence-electron chi connectivity index (χ3n) is 4.83. The molecule has 166 valence electrons. The number of benzene rings is 1. The van der Waals surface area contributed by atoms with Gasteiger partial charge in [0, 0.05) is 31.0 Å². The van der Waals surface area contributed by atoms with Crippen molar-refractivity contribution in [2.75, 3.05) is 11.9 Å². The molecule has 0 spiro atoms. The number of halogens is 1. The van der Waals surface area contributed by atoms with E-state index < -0.39 is 17.4 Å². The van der Waals surface area contributed by atoms with Crippen LogP contribution >= 0.6 is 11.6 Å². The Morgan fingerprint density at radius 3 is 2.75 bits per heavy atom. The molecule has 3 N–H and O–H groups in total. The van der Waals surface area contributed by atoms with Crippen LogP contribution in [0.15, 0.2) is 58.4 Å². The second-order valence-electron chi connectivity index (χ2n) is 7.17. The molecule has 0 unspecified atom stereocenters. The molecule has 4 aromatic rings. The van der Waals surface area contributed by atoms with Gasteiger partial charge in [-0.05, 0) is 35.9 Å². The molecule has 11 heteroatoms. The van der Waals surface area contributed by atoms with Gasteiger partial charge in [0.25, 0.3) is 5.56 Å². The minimum Gasteiger partial charge on any atom is -0.491 e. The maximum absolute atomic E-state index is 12.6. The number of H-pyrrole nitrogens is 1. The molecule has 0 saturated heterocycles. The van der Waals surface area contributed by atoms with Crippen molar-refractivity contribution in [3.8, 4) is 5.75 Å². The van der Waals surface area contributed by atoms with Crippen LogP contribution in [0.3, 0.4) is 0 Å². The van der Waals surface area contributed by atoms with Crippen molar-refractivity contribution in [3.05, 3.63) is 80.2 Å². The number of hydrogen-bond acceptors (Lipinski definition) is 7. The smallest absolute Gasteiger partial charge is 0.329 e. The van der Waals surface area contributed by atoms with Crippen LogP contribution in [0.2, 0.25) is 5.02 Å². The van der Waals surface area contributed by atoms with Gasteiger partial charge in [-0.3, -0.25) is 19.3 Å². The average molecular weight is 457 g/mol. The van der Waals surface area contributed by atoms with Gasteiger partial charge in [-0.2, -0.15) is 4.98 Å². The number of pyridine rings is 1. The Labute approximate surface area is 187 Å². The molecule has 0 saturated carbocycles. The number of nitrogens with one attached hydrogen (secondary N) is 2. The first kappa shape index (κ1) is 21.6. The van der Waals surface area contributed by atoms with Crippen molar-refractivity contribution in [3.63, 3.8) is 0 Å². The summed E-state index contributed by atoms with van der Waals surface area (Å²) in [6, 6.07) is 10.5. The minimum absolute atomic E-state index is 0.0146. The number of fused-ring (bicyclic) bond motifs is 1. The average Bonchev–Trinajstić information content (AvgIpc) is 3.15. The van der Waals surface area contributed by atoms with E-state index in [0.717, 1.165) is 5.56 Å². The summed E-state index contributed by atoms with van der Waals surface area (Å²) in [6.45, 7) is 0.383. The van der Waals surface area contributed by atoms with Crippen molar-refractivity contribution in [1.29, 1.82) is 0 Å². The summed E-state index contributed by atoms with van der Waals surface area (Å²) in [5.74, 6) is 0.889. The standard InChI is InChI=1S/C21H21ClN6O4/c1-27-18-17(19(30)26-21(27)31)28(20(25-18)24-10-13-3-2-8-23-9-13)11-15(29)12-32-16-6-4-14(22)5-7-16/h2-9,15,29H,10-12H2,1H3,(H,24,25)(H,26,30,31)/t15-/m0/s1. The highest BCUT2D eigenvalue weighted by Gasteiger charge is 2.20. The first-order valence-electron chi connectivity index (χ1n) is 9.81. The lowest BCUT2D eigenvalue weighted by Crippen LogP contribution is -2.31.